The lowest BCUT2D eigenvalue weighted by atomic mass is 10.1. The van der Waals surface area contributed by atoms with E-state index in [4.69, 9.17) is 11.5 Å². The van der Waals surface area contributed by atoms with Crippen LogP contribution in [0.1, 0.15) is 11.1 Å². The van der Waals surface area contributed by atoms with Crippen LogP contribution < -0.4 is 11.5 Å². The molecular weight excluding hydrogens is 217 g/mol. The highest BCUT2D eigenvalue weighted by Gasteiger charge is 2.04. The van der Waals surface area contributed by atoms with Crippen LogP contribution in [-0.2, 0) is 0 Å². The lowest BCUT2D eigenvalue weighted by Gasteiger charge is -2.07. The summed E-state index contributed by atoms with van der Waals surface area (Å²) < 4.78 is 12.8. The molecule has 1 heterocycles. The van der Waals surface area contributed by atoms with Crippen molar-refractivity contribution in [1.82, 2.24) is 4.98 Å². The smallest absolute Gasteiger partial charge is 0.123 e. The van der Waals surface area contributed by atoms with E-state index in [1.165, 1.54) is 12.1 Å². The summed E-state index contributed by atoms with van der Waals surface area (Å²) in [6.07, 6.45) is 3.28. The van der Waals surface area contributed by atoms with Crippen molar-refractivity contribution in [2.24, 2.45) is 11.5 Å². The topological polar surface area (TPSA) is 64.9 Å². The fourth-order valence-corrected chi connectivity index (χ4v) is 1.47. The molecule has 0 amide bonds. The molecule has 0 spiro atoms. The predicted molar refractivity (Wildman–Crippen MR) is 65.8 cm³/mol. The van der Waals surface area contributed by atoms with Gasteiger partial charge >= 0.3 is 0 Å². The summed E-state index contributed by atoms with van der Waals surface area (Å²) >= 11 is 0. The van der Waals surface area contributed by atoms with Crippen LogP contribution in [0.5, 0.6) is 0 Å². The van der Waals surface area contributed by atoms with Crippen LogP contribution in [0.25, 0.3) is 11.4 Å². The normalized spacial score (nSPS) is 12.1. The van der Waals surface area contributed by atoms with Crippen molar-refractivity contribution in [2.45, 2.75) is 0 Å². The van der Waals surface area contributed by atoms with Crippen molar-refractivity contribution < 1.29 is 4.39 Å². The van der Waals surface area contributed by atoms with E-state index in [0.29, 0.717) is 17.0 Å². The molecule has 2 rings (SSSR count). The van der Waals surface area contributed by atoms with Crippen LogP contribution in [0, 0.1) is 5.82 Å². The second-order valence-electron chi connectivity index (χ2n) is 3.57. The molecule has 0 saturated carbocycles. The van der Waals surface area contributed by atoms with Crippen LogP contribution in [-0.4, -0.2) is 4.98 Å². The molecule has 0 unspecified atom stereocenters. The Hall–Kier alpha value is -2.36. The molecule has 0 saturated heterocycles. The maximum atomic E-state index is 12.8. The van der Waals surface area contributed by atoms with Gasteiger partial charge in [0.1, 0.15) is 5.82 Å². The van der Waals surface area contributed by atoms with Gasteiger partial charge in [-0.2, -0.15) is 0 Å². The van der Waals surface area contributed by atoms with Crippen molar-refractivity contribution >= 4 is 11.4 Å². The Morgan fingerprint density at radius 2 is 1.29 bits per heavy atom. The van der Waals surface area contributed by atoms with E-state index < -0.39 is 0 Å². The molecule has 3 nitrogen and oxygen atoms in total. The Morgan fingerprint density at radius 3 is 1.82 bits per heavy atom. The fourth-order valence-electron chi connectivity index (χ4n) is 1.47. The first kappa shape index (κ1) is 11.1. The number of pyridine rings is 1. The molecule has 17 heavy (non-hydrogen) atoms. The number of rotatable bonds is 2. The van der Waals surface area contributed by atoms with E-state index >= 15 is 0 Å². The largest absolute Gasteiger partial charge is 0.397 e. The first-order valence-electron chi connectivity index (χ1n) is 5.10. The number of hydrogen-bond acceptors (Lipinski definition) is 3. The van der Waals surface area contributed by atoms with E-state index in [9.17, 15) is 4.39 Å². The summed E-state index contributed by atoms with van der Waals surface area (Å²) in [5.74, 6) is -0.302. The molecule has 0 aliphatic rings. The molecule has 0 bridgehead atoms. The molecular formula is C13H12FN3. The summed E-state index contributed by atoms with van der Waals surface area (Å²) in [7, 11) is 0. The number of nitrogens with two attached hydrogens (primary N) is 2. The van der Waals surface area contributed by atoms with Crippen LogP contribution in [0.2, 0.25) is 0 Å². The summed E-state index contributed by atoms with van der Waals surface area (Å²) in [5, 5.41) is 0. The van der Waals surface area contributed by atoms with Gasteiger partial charge < -0.3 is 11.5 Å². The monoisotopic (exact) mass is 229 g/mol. The van der Waals surface area contributed by atoms with Crippen LogP contribution in [0.4, 0.5) is 4.39 Å². The van der Waals surface area contributed by atoms with E-state index in [-0.39, 0.29) is 5.82 Å². The molecule has 0 radical (unpaired) electrons. The van der Waals surface area contributed by atoms with E-state index in [2.05, 4.69) is 4.98 Å². The molecule has 2 aromatic rings. The maximum absolute atomic E-state index is 12.8. The molecule has 1 aromatic heterocycles. The number of halogens is 1. The molecule has 0 fully saturated rings. The van der Waals surface area contributed by atoms with Gasteiger partial charge in [0.15, 0.2) is 0 Å². The van der Waals surface area contributed by atoms with Crippen LogP contribution in [0.15, 0.2) is 48.8 Å². The van der Waals surface area contributed by atoms with Gasteiger partial charge in [0.05, 0.1) is 11.4 Å². The third-order valence-corrected chi connectivity index (χ3v) is 2.44. The van der Waals surface area contributed by atoms with Gasteiger partial charge in [-0.1, -0.05) is 0 Å². The zero-order valence-corrected chi connectivity index (χ0v) is 9.10. The molecule has 0 atom stereocenters. The second kappa shape index (κ2) is 4.65. The first-order valence-corrected chi connectivity index (χ1v) is 5.10. The quantitative estimate of drug-likeness (QED) is 0.827. The lowest BCUT2D eigenvalue weighted by Crippen LogP contribution is -2.07. The lowest BCUT2D eigenvalue weighted by molar-refractivity contribution is 0.627. The van der Waals surface area contributed by atoms with Gasteiger partial charge in [0, 0.05) is 18.0 Å². The minimum Gasteiger partial charge on any atom is -0.397 e. The van der Waals surface area contributed by atoms with Crippen LogP contribution in [0.3, 0.4) is 0 Å². The van der Waals surface area contributed by atoms with Crippen molar-refractivity contribution in [1.29, 1.82) is 0 Å². The van der Waals surface area contributed by atoms with E-state index in [0.717, 1.165) is 5.56 Å². The SMILES string of the molecule is N/C(=C(\N)c1ccc(F)cc1)c1ccncc1. The third-order valence-electron chi connectivity index (χ3n) is 2.44. The zero-order valence-electron chi connectivity index (χ0n) is 9.10. The minimum absolute atomic E-state index is 0.302. The molecule has 0 aliphatic heterocycles. The third kappa shape index (κ3) is 2.42. The average Bonchev–Trinajstić information content (AvgIpc) is 2.39. The molecule has 4 heteroatoms. The van der Waals surface area contributed by atoms with Gasteiger partial charge in [0.2, 0.25) is 0 Å². The van der Waals surface area contributed by atoms with Crippen LogP contribution >= 0.6 is 0 Å². The predicted octanol–water partition coefficient (Wildman–Crippen LogP) is 1.96. The Balaban J connectivity index is 2.41. The Labute approximate surface area is 98.6 Å². The molecule has 86 valence electrons. The fraction of sp³-hybridized carbons (Fsp3) is 0. The number of hydrogen-bond donors (Lipinski definition) is 2. The summed E-state index contributed by atoms with van der Waals surface area (Å²) in [4.78, 5) is 3.90. The van der Waals surface area contributed by atoms with Crippen molar-refractivity contribution in [2.75, 3.05) is 0 Å². The molecule has 1 aromatic carbocycles. The highest BCUT2D eigenvalue weighted by Crippen LogP contribution is 2.18. The van der Waals surface area contributed by atoms with E-state index in [1.807, 2.05) is 0 Å². The number of nitrogens with zero attached hydrogens (tertiary/aromatic N) is 1. The van der Waals surface area contributed by atoms with Crippen molar-refractivity contribution in [3.63, 3.8) is 0 Å². The van der Waals surface area contributed by atoms with Gasteiger partial charge in [0.25, 0.3) is 0 Å². The minimum atomic E-state index is -0.302. The van der Waals surface area contributed by atoms with Gasteiger partial charge in [-0.05, 0) is 42.0 Å². The van der Waals surface area contributed by atoms with E-state index in [1.54, 1.807) is 36.7 Å². The summed E-state index contributed by atoms with van der Waals surface area (Å²) in [6, 6.07) is 9.43. The highest BCUT2D eigenvalue weighted by atomic mass is 19.1. The Kier molecular flexibility index (Phi) is 3.05. The average molecular weight is 229 g/mol. The summed E-state index contributed by atoms with van der Waals surface area (Å²) in [5.41, 5.74) is 14.2. The highest BCUT2D eigenvalue weighted by molar-refractivity contribution is 5.87. The Bertz CT molecular complexity index is 532. The molecule has 4 N–H and O–H groups in total. The van der Waals surface area contributed by atoms with Crippen molar-refractivity contribution in [3.8, 4) is 0 Å². The number of benzene rings is 1. The zero-order chi connectivity index (χ0) is 12.3. The van der Waals surface area contributed by atoms with Crippen molar-refractivity contribution in [3.05, 3.63) is 65.7 Å². The first-order chi connectivity index (χ1) is 8.18. The standard InChI is InChI=1S/C13H12FN3/c14-11-3-1-9(2-4-11)12(15)13(16)10-5-7-17-8-6-10/h1-8H,15-16H2/b13-12-. The molecule has 0 aliphatic carbocycles. The Morgan fingerprint density at radius 1 is 0.824 bits per heavy atom. The summed E-state index contributed by atoms with van der Waals surface area (Å²) in [6.45, 7) is 0. The maximum Gasteiger partial charge on any atom is 0.123 e. The second-order valence-corrected chi connectivity index (χ2v) is 3.57. The number of aromatic nitrogens is 1. The van der Waals surface area contributed by atoms with Gasteiger partial charge in [-0.15, -0.1) is 0 Å². The van der Waals surface area contributed by atoms with Gasteiger partial charge in [-0.3, -0.25) is 4.98 Å². The van der Waals surface area contributed by atoms with Gasteiger partial charge in [-0.25, -0.2) is 4.39 Å².